The predicted octanol–water partition coefficient (Wildman–Crippen LogP) is 1.32. The Bertz CT molecular complexity index is 415. The van der Waals surface area contributed by atoms with Gasteiger partial charge >= 0.3 is 5.97 Å². The molecule has 0 fully saturated rings. The monoisotopic (exact) mass is 218 g/mol. The third-order valence-corrected chi connectivity index (χ3v) is 2.65. The smallest absolute Gasteiger partial charge is 0.335 e. The lowest BCUT2D eigenvalue weighted by Gasteiger charge is -2.19. The van der Waals surface area contributed by atoms with Gasteiger partial charge < -0.3 is 5.11 Å². The standard InChI is InChI=1S/C12H14N2O2/c15-12(16)10-3-1-2-9(6-10)7-11-4-5-13-8-14-11/h1-3,5-6,11,14H,4,7-8H2,(H,15,16). The molecule has 16 heavy (non-hydrogen) atoms. The molecular formula is C12H14N2O2. The Morgan fingerprint density at radius 3 is 3.12 bits per heavy atom. The summed E-state index contributed by atoms with van der Waals surface area (Å²) in [5.74, 6) is -0.875. The van der Waals surface area contributed by atoms with Crippen LogP contribution in [0.1, 0.15) is 22.3 Å². The Kier molecular flexibility index (Phi) is 3.31. The molecule has 0 spiro atoms. The second-order valence-electron chi connectivity index (χ2n) is 3.87. The number of aromatic carboxylic acids is 1. The van der Waals surface area contributed by atoms with E-state index in [1.807, 2.05) is 12.3 Å². The van der Waals surface area contributed by atoms with Gasteiger partial charge in [-0.15, -0.1) is 0 Å². The Balaban J connectivity index is 2.06. The van der Waals surface area contributed by atoms with Crippen molar-refractivity contribution in [1.82, 2.24) is 5.32 Å². The van der Waals surface area contributed by atoms with Crippen LogP contribution in [0.4, 0.5) is 0 Å². The molecule has 0 amide bonds. The van der Waals surface area contributed by atoms with Crippen molar-refractivity contribution in [3.8, 4) is 0 Å². The summed E-state index contributed by atoms with van der Waals surface area (Å²) in [7, 11) is 0. The molecular weight excluding hydrogens is 204 g/mol. The average Bonchev–Trinajstić information content (AvgIpc) is 2.30. The fourth-order valence-electron chi connectivity index (χ4n) is 1.80. The topological polar surface area (TPSA) is 61.7 Å². The Labute approximate surface area is 94.0 Å². The lowest BCUT2D eigenvalue weighted by Crippen LogP contribution is -2.34. The maximum absolute atomic E-state index is 10.8. The first-order valence-electron chi connectivity index (χ1n) is 5.29. The summed E-state index contributed by atoms with van der Waals surface area (Å²) < 4.78 is 0. The fourth-order valence-corrected chi connectivity index (χ4v) is 1.80. The molecule has 4 nitrogen and oxygen atoms in total. The Morgan fingerprint density at radius 2 is 2.44 bits per heavy atom. The molecule has 84 valence electrons. The normalized spacial score (nSPS) is 19.6. The predicted molar refractivity (Wildman–Crippen MR) is 62.0 cm³/mol. The van der Waals surface area contributed by atoms with Crippen LogP contribution in [0, 0.1) is 0 Å². The van der Waals surface area contributed by atoms with Crippen molar-refractivity contribution < 1.29 is 9.90 Å². The number of nitrogens with one attached hydrogen (secondary N) is 1. The van der Waals surface area contributed by atoms with E-state index < -0.39 is 5.97 Å². The number of hydrogen-bond acceptors (Lipinski definition) is 3. The van der Waals surface area contributed by atoms with E-state index in [4.69, 9.17) is 5.11 Å². The summed E-state index contributed by atoms with van der Waals surface area (Å²) in [5, 5.41) is 12.1. The quantitative estimate of drug-likeness (QED) is 0.804. The van der Waals surface area contributed by atoms with Gasteiger partial charge in [0.25, 0.3) is 0 Å². The van der Waals surface area contributed by atoms with Gasteiger partial charge in [0.15, 0.2) is 0 Å². The minimum atomic E-state index is -0.875. The fraction of sp³-hybridized carbons (Fsp3) is 0.333. The molecule has 2 N–H and O–H groups in total. The van der Waals surface area contributed by atoms with Crippen molar-refractivity contribution in [1.29, 1.82) is 0 Å². The molecule has 0 aromatic heterocycles. The van der Waals surface area contributed by atoms with Crippen molar-refractivity contribution in [2.24, 2.45) is 4.99 Å². The molecule has 0 saturated heterocycles. The second-order valence-corrected chi connectivity index (χ2v) is 3.87. The Morgan fingerprint density at radius 1 is 1.56 bits per heavy atom. The molecule has 4 heteroatoms. The van der Waals surface area contributed by atoms with Crippen LogP contribution in [0.15, 0.2) is 29.3 Å². The van der Waals surface area contributed by atoms with E-state index in [0.717, 1.165) is 18.4 Å². The van der Waals surface area contributed by atoms with Crippen molar-refractivity contribution in [2.45, 2.75) is 18.9 Å². The minimum Gasteiger partial charge on any atom is -0.478 e. The van der Waals surface area contributed by atoms with Gasteiger partial charge in [-0.2, -0.15) is 0 Å². The van der Waals surface area contributed by atoms with Gasteiger partial charge in [0.05, 0.1) is 12.2 Å². The average molecular weight is 218 g/mol. The van der Waals surface area contributed by atoms with Crippen LogP contribution in [0.2, 0.25) is 0 Å². The number of carboxylic acids is 1. The molecule has 2 rings (SSSR count). The van der Waals surface area contributed by atoms with Gasteiger partial charge in [0, 0.05) is 12.3 Å². The molecule has 1 heterocycles. The van der Waals surface area contributed by atoms with Crippen molar-refractivity contribution in [3.63, 3.8) is 0 Å². The summed E-state index contributed by atoms with van der Waals surface area (Å²) in [4.78, 5) is 14.9. The summed E-state index contributed by atoms with van der Waals surface area (Å²) in [6.45, 7) is 0.656. The van der Waals surface area contributed by atoms with Crippen molar-refractivity contribution >= 4 is 12.2 Å². The minimum absolute atomic E-state index is 0.349. The van der Waals surface area contributed by atoms with Crippen LogP contribution in [-0.4, -0.2) is 30.0 Å². The summed E-state index contributed by atoms with van der Waals surface area (Å²) in [6.07, 6.45) is 3.66. The maximum atomic E-state index is 10.8. The number of hydrogen-bond donors (Lipinski definition) is 2. The molecule has 0 saturated carbocycles. The van der Waals surface area contributed by atoms with E-state index >= 15 is 0 Å². The molecule has 0 radical (unpaired) electrons. The lowest BCUT2D eigenvalue weighted by molar-refractivity contribution is 0.0696. The highest BCUT2D eigenvalue weighted by molar-refractivity contribution is 5.87. The highest BCUT2D eigenvalue weighted by Crippen LogP contribution is 2.10. The van der Waals surface area contributed by atoms with Crippen molar-refractivity contribution in [3.05, 3.63) is 35.4 Å². The molecule has 1 aliphatic heterocycles. The van der Waals surface area contributed by atoms with Gasteiger partial charge in [-0.1, -0.05) is 12.1 Å². The van der Waals surface area contributed by atoms with E-state index in [0.29, 0.717) is 18.3 Å². The van der Waals surface area contributed by atoms with E-state index in [1.165, 1.54) is 0 Å². The first-order valence-corrected chi connectivity index (χ1v) is 5.29. The highest BCUT2D eigenvalue weighted by Gasteiger charge is 2.11. The highest BCUT2D eigenvalue weighted by atomic mass is 16.4. The van der Waals surface area contributed by atoms with Crippen LogP contribution >= 0.6 is 0 Å². The van der Waals surface area contributed by atoms with E-state index in [9.17, 15) is 4.79 Å². The zero-order valence-electron chi connectivity index (χ0n) is 8.89. The number of carboxylic acid groups (broad SMARTS) is 1. The third kappa shape index (κ3) is 2.67. The lowest BCUT2D eigenvalue weighted by atomic mass is 10.0. The van der Waals surface area contributed by atoms with Crippen molar-refractivity contribution in [2.75, 3.05) is 6.67 Å². The largest absolute Gasteiger partial charge is 0.478 e. The number of benzene rings is 1. The van der Waals surface area contributed by atoms with E-state index in [1.54, 1.807) is 18.2 Å². The summed E-state index contributed by atoms with van der Waals surface area (Å²) in [5.41, 5.74) is 1.40. The van der Waals surface area contributed by atoms with Crippen LogP contribution in [0.5, 0.6) is 0 Å². The van der Waals surface area contributed by atoms with Gasteiger partial charge in [-0.05, 0) is 30.5 Å². The van der Waals surface area contributed by atoms with E-state index in [2.05, 4.69) is 10.3 Å². The van der Waals surface area contributed by atoms with Crippen LogP contribution in [0.25, 0.3) is 0 Å². The SMILES string of the molecule is O=C(O)c1cccc(CC2CC=NCN2)c1. The number of carbonyl (C=O) groups is 1. The third-order valence-electron chi connectivity index (χ3n) is 2.65. The zero-order valence-corrected chi connectivity index (χ0v) is 8.89. The molecule has 1 unspecified atom stereocenters. The number of rotatable bonds is 3. The van der Waals surface area contributed by atoms with Gasteiger partial charge in [-0.3, -0.25) is 10.3 Å². The molecule has 1 atom stereocenters. The summed E-state index contributed by atoms with van der Waals surface area (Å²) >= 11 is 0. The maximum Gasteiger partial charge on any atom is 0.335 e. The number of aliphatic imine (C=N–C) groups is 1. The number of nitrogens with zero attached hydrogens (tertiary/aromatic N) is 1. The zero-order chi connectivity index (χ0) is 11.4. The van der Waals surface area contributed by atoms with Gasteiger partial charge in [0.1, 0.15) is 0 Å². The molecule has 0 aliphatic carbocycles. The van der Waals surface area contributed by atoms with Gasteiger partial charge in [0.2, 0.25) is 0 Å². The van der Waals surface area contributed by atoms with Gasteiger partial charge in [-0.25, -0.2) is 4.79 Å². The molecule has 1 aliphatic rings. The van der Waals surface area contributed by atoms with Crippen LogP contribution in [-0.2, 0) is 6.42 Å². The van der Waals surface area contributed by atoms with E-state index in [-0.39, 0.29) is 0 Å². The molecule has 0 bridgehead atoms. The molecule has 1 aromatic carbocycles. The van der Waals surface area contributed by atoms with Crippen LogP contribution < -0.4 is 5.32 Å². The first-order chi connectivity index (χ1) is 7.75. The first kappa shape index (κ1) is 10.8. The second kappa shape index (κ2) is 4.90. The summed E-state index contributed by atoms with van der Waals surface area (Å²) in [6, 6.07) is 7.45. The molecule has 1 aromatic rings. The van der Waals surface area contributed by atoms with Crippen LogP contribution in [0.3, 0.4) is 0 Å². The Hall–Kier alpha value is -1.68.